The van der Waals surface area contributed by atoms with Crippen LogP contribution in [0.15, 0.2) is 12.1 Å². The Morgan fingerprint density at radius 3 is 2.58 bits per heavy atom. The minimum absolute atomic E-state index is 0.262. The van der Waals surface area contributed by atoms with Crippen LogP contribution in [0.25, 0.3) is 0 Å². The third-order valence-electron chi connectivity index (χ3n) is 5.61. The first-order chi connectivity index (χ1) is 12.6. The largest absolute Gasteiger partial charge is 0.383 e. The van der Waals surface area contributed by atoms with Crippen molar-refractivity contribution in [3.63, 3.8) is 0 Å². The Morgan fingerprint density at radius 2 is 1.88 bits per heavy atom. The van der Waals surface area contributed by atoms with Crippen molar-refractivity contribution in [3.05, 3.63) is 23.3 Å². The van der Waals surface area contributed by atoms with E-state index in [-0.39, 0.29) is 5.78 Å². The fourth-order valence-electron chi connectivity index (χ4n) is 3.99. The van der Waals surface area contributed by atoms with E-state index >= 15 is 0 Å². The summed E-state index contributed by atoms with van der Waals surface area (Å²) in [4.78, 5) is 16.5. The number of Topliss-reactive ketones (excluding diaryl/α,β-unsaturated/α-hetero) is 1. The highest BCUT2D eigenvalue weighted by molar-refractivity contribution is 5.76. The van der Waals surface area contributed by atoms with Crippen LogP contribution in [0.5, 0.6) is 0 Å². The summed E-state index contributed by atoms with van der Waals surface area (Å²) in [7, 11) is 0. The molecular formula is C21H34N4O. The summed E-state index contributed by atoms with van der Waals surface area (Å²) in [5, 5.41) is 7.11. The molecule has 0 saturated carbocycles. The predicted molar refractivity (Wildman–Crippen MR) is 109 cm³/mol. The van der Waals surface area contributed by atoms with Gasteiger partial charge in [0.05, 0.1) is 0 Å². The smallest absolute Gasteiger partial charge is 0.130 e. The molecule has 2 saturated heterocycles. The number of hydrogen-bond acceptors (Lipinski definition) is 5. The minimum Gasteiger partial charge on any atom is -0.383 e. The molecule has 26 heavy (non-hydrogen) atoms. The van der Waals surface area contributed by atoms with E-state index in [1.54, 1.807) is 6.92 Å². The average molecular weight is 359 g/mol. The van der Waals surface area contributed by atoms with Crippen molar-refractivity contribution < 1.29 is 4.79 Å². The van der Waals surface area contributed by atoms with Gasteiger partial charge in [0.2, 0.25) is 0 Å². The van der Waals surface area contributed by atoms with Crippen LogP contribution >= 0.6 is 0 Å². The molecule has 5 nitrogen and oxygen atoms in total. The van der Waals surface area contributed by atoms with Crippen molar-refractivity contribution in [2.24, 2.45) is 0 Å². The summed E-state index contributed by atoms with van der Waals surface area (Å²) >= 11 is 0. The molecule has 1 aromatic rings. The highest BCUT2D eigenvalue weighted by Gasteiger charge is 2.17. The van der Waals surface area contributed by atoms with E-state index in [9.17, 15) is 4.79 Å². The molecule has 0 aliphatic carbocycles. The van der Waals surface area contributed by atoms with Gasteiger partial charge in [0.25, 0.3) is 0 Å². The van der Waals surface area contributed by atoms with E-state index in [1.165, 1.54) is 48.4 Å². The van der Waals surface area contributed by atoms with Crippen molar-refractivity contribution in [2.45, 2.75) is 39.5 Å². The number of hydrogen-bond donors (Lipinski definition) is 2. The summed E-state index contributed by atoms with van der Waals surface area (Å²) in [5.41, 5.74) is 5.16. The summed E-state index contributed by atoms with van der Waals surface area (Å²) in [6, 6.07) is 4.56. The van der Waals surface area contributed by atoms with E-state index in [1.807, 2.05) is 0 Å². The Labute approximate surface area is 158 Å². The molecule has 144 valence electrons. The molecule has 0 atom stereocenters. The van der Waals surface area contributed by atoms with Gasteiger partial charge in [-0.25, -0.2) is 0 Å². The molecule has 0 aromatic heterocycles. The molecule has 0 bridgehead atoms. The number of likely N-dealkylation sites (tertiary alicyclic amines) is 1. The molecule has 0 radical (unpaired) electrons. The Kier molecular flexibility index (Phi) is 6.92. The predicted octanol–water partition coefficient (Wildman–Crippen LogP) is 2.43. The van der Waals surface area contributed by atoms with Gasteiger partial charge in [-0.05, 0) is 69.5 Å². The van der Waals surface area contributed by atoms with Gasteiger partial charge < -0.3 is 25.2 Å². The highest BCUT2D eigenvalue weighted by atomic mass is 16.1. The molecule has 2 fully saturated rings. The molecule has 2 aliphatic heterocycles. The lowest BCUT2D eigenvalue weighted by Crippen LogP contribution is -2.43. The molecule has 5 heteroatoms. The fraction of sp³-hybridized carbons (Fsp3) is 0.667. The molecule has 1 aromatic carbocycles. The molecule has 0 spiro atoms. The van der Waals surface area contributed by atoms with Crippen LogP contribution in [0.1, 0.15) is 37.3 Å². The number of nitrogens with one attached hydrogen (secondary N) is 2. The van der Waals surface area contributed by atoms with Crippen LogP contribution in [0.3, 0.4) is 0 Å². The second-order valence-corrected chi connectivity index (χ2v) is 7.70. The van der Waals surface area contributed by atoms with E-state index in [2.05, 4.69) is 39.5 Å². The number of carbonyl (C=O) groups excluding carboxylic acids is 1. The molecule has 2 heterocycles. The van der Waals surface area contributed by atoms with Gasteiger partial charge >= 0.3 is 0 Å². The maximum Gasteiger partial charge on any atom is 0.130 e. The Hall–Kier alpha value is -1.59. The molecule has 2 N–H and O–H groups in total. The van der Waals surface area contributed by atoms with Crippen molar-refractivity contribution in [3.8, 4) is 0 Å². The number of nitrogens with zero attached hydrogens (tertiary/aromatic N) is 2. The van der Waals surface area contributed by atoms with Gasteiger partial charge in [-0.15, -0.1) is 0 Å². The highest BCUT2D eigenvalue weighted by Crippen LogP contribution is 2.30. The number of rotatable bonds is 8. The topological polar surface area (TPSA) is 47.6 Å². The number of carbonyl (C=O) groups is 1. The Bertz CT molecular complexity index is 604. The average Bonchev–Trinajstić information content (AvgIpc) is 3.16. The van der Waals surface area contributed by atoms with Gasteiger partial charge in [-0.3, -0.25) is 0 Å². The van der Waals surface area contributed by atoms with Crippen LogP contribution < -0.4 is 15.5 Å². The Morgan fingerprint density at radius 1 is 1.15 bits per heavy atom. The van der Waals surface area contributed by atoms with Gasteiger partial charge in [-0.1, -0.05) is 0 Å². The monoisotopic (exact) mass is 358 g/mol. The SMILES string of the molecule is CC(=O)CCc1cc(NCCN2CCCC2)c(C)c(N2CCNCC2)c1. The second-order valence-electron chi connectivity index (χ2n) is 7.70. The van der Waals surface area contributed by atoms with Crippen molar-refractivity contribution in [2.75, 3.05) is 62.6 Å². The number of ketones is 1. The first-order valence-corrected chi connectivity index (χ1v) is 10.2. The van der Waals surface area contributed by atoms with Gasteiger partial charge in [-0.2, -0.15) is 0 Å². The van der Waals surface area contributed by atoms with Crippen molar-refractivity contribution in [1.29, 1.82) is 0 Å². The van der Waals surface area contributed by atoms with Gasteiger partial charge in [0, 0.05) is 57.1 Å². The number of anilines is 2. The number of benzene rings is 1. The van der Waals surface area contributed by atoms with E-state index in [4.69, 9.17) is 0 Å². The van der Waals surface area contributed by atoms with Crippen molar-refractivity contribution >= 4 is 17.2 Å². The summed E-state index contributed by atoms with van der Waals surface area (Å²) in [5.74, 6) is 0.262. The minimum atomic E-state index is 0.262. The maximum atomic E-state index is 11.4. The van der Waals surface area contributed by atoms with Crippen LogP contribution in [0.2, 0.25) is 0 Å². The standard InChI is InChI=1S/C21H34N4O/c1-17(26)5-6-19-15-20(23-9-12-24-10-3-4-11-24)18(2)21(16-19)25-13-7-22-8-14-25/h15-16,22-23H,3-14H2,1-2H3. The molecule has 0 unspecified atom stereocenters. The molecule has 0 amide bonds. The zero-order chi connectivity index (χ0) is 18.4. The third kappa shape index (κ3) is 5.21. The van der Waals surface area contributed by atoms with Crippen LogP contribution in [-0.2, 0) is 11.2 Å². The van der Waals surface area contributed by atoms with Gasteiger partial charge in [0.1, 0.15) is 5.78 Å². The second kappa shape index (κ2) is 9.38. The fourth-order valence-corrected chi connectivity index (χ4v) is 3.99. The molecule has 2 aliphatic rings. The lowest BCUT2D eigenvalue weighted by Gasteiger charge is -2.32. The van der Waals surface area contributed by atoms with E-state index in [0.717, 1.165) is 45.7 Å². The third-order valence-corrected chi connectivity index (χ3v) is 5.61. The zero-order valence-electron chi connectivity index (χ0n) is 16.4. The summed E-state index contributed by atoms with van der Waals surface area (Å²) in [6.07, 6.45) is 4.13. The van der Waals surface area contributed by atoms with Gasteiger partial charge in [0.15, 0.2) is 0 Å². The molecular weight excluding hydrogens is 324 g/mol. The van der Waals surface area contributed by atoms with Crippen LogP contribution in [-0.4, -0.2) is 63.0 Å². The van der Waals surface area contributed by atoms with Crippen LogP contribution in [0, 0.1) is 6.92 Å². The van der Waals surface area contributed by atoms with Crippen molar-refractivity contribution in [1.82, 2.24) is 10.2 Å². The first kappa shape index (κ1) is 19.2. The van der Waals surface area contributed by atoms with E-state index < -0.39 is 0 Å². The number of aryl methyl sites for hydroxylation is 1. The first-order valence-electron chi connectivity index (χ1n) is 10.2. The maximum absolute atomic E-state index is 11.4. The lowest BCUT2D eigenvalue weighted by molar-refractivity contribution is -0.116. The summed E-state index contributed by atoms with van der Waals surface area (Å²) < 4.78 is 0. The lowest BCUT2D eigenvalue weighted by atomic mass is 10.0. The van der Waals surface area contributed by atoms with E-state index in [0.29, 0.717) is 6.42 Å². The Balaban J connectivity index is 1.73. The zero-order valence-corrected chi connectivity index (χ0v) is 16.4. The molecule has 3 rings (SSSR count). The quantitative estimate of drug-likeness (QED) is 0.747. The summed E-state index contributed by atoms with van der Waals surface area (Å²) in [6.45, 7) is 12.7. The number of piperazine rings is 1. The van der Waals surface area contributed by atoms with Crippen LogP contribution in [0.4, 0.5) is 11.4 Å². The normalized spacial score (nSPS) is 18.3.